The summed E-state index contributed by atoms with van der Waals surface area (Å²) in [4.78, 5) is 21.0. The van der Waals surface area contributed by atoms with Crippen molar-refractivity contribution in [3.8, 4) is 0 Å². The van der Waals surface area contributed by atoms with Crippen LogP contribution < -0.4 is 5.73 Å². The van der Waals surface area contributed by atoms with Gasteiger partial charge in [-0.2, -0.15) is 0 Å². The van der Waals surface area contributed by atoms with Gasteiger partial charge >= 0.3 is 0 Å². The topological polar surface area (TPSA) is 86.2 Å². The highest BCUT2D eigenvalue weighted by Crippen LogP contribution is 2.26. The number of carbonyl (C=O) groups is 1. The summed E-state index contributed by atoms with van der Waals surface area (Å²) in [5, 5.41) is 10.5. The van der Waals surface area contributed by atoms with Crippen LogP contribution in [0.5, 0.6) is 0 Å². The molecule has 0 radical (unpaired) electrons. The lowest BCUT2D eigenvalue weighted by atomic mass is 10.1. The van der Waals surface area contributed by atoms with Crippen LogP contribution in [0.1, 0.15) is 17.3 Å². The number of ketones is 1. The Labute approximate surface area is 93.6 Å². The lowest BCUT2D eigenvalue weighted by molar-refractivity contribution is -0.384. The molecule has 5 nitrogen and oxygen atoms in total. The van der Waals surface area contributed by atoms with E-state index in [-0.39, 0.29) is 17.0 Å². The molecule has 0 aliphatic heterocycles. The lowest BCUT2D eigenvalue weighted by Gasteiger charge is -2.03. The number of nitrogens with zero attached hydrogens (tertiary/aromatic N) is 1. The average Bonchev–Trinajstić information content (AvgIpc) is 2.08. The molecule has 0 saturated heterocycles. The maximum absolute atomic E-state index is 11.1. The standard InChI is InChI=1S/C8H7IN2O3/c1-4(12)6-2-5(11(13)14)3-7(9)8(6)10/h2-3H,10H2,1H3. The Morgan fingerprint density at radius 3 is 2.57 bits per heavy atom. The van der Waals surface area contributed by atoms with Gasteiger partial charge in [0.25, 0.3) is 5.69 Å². The first-order valence-corrected chi connectivity index (χ1v) is 4.75. The van der Waals surface area contributed by atoms with Crippen LogP contribution in [0, 0.1) is 13.7 Å². The number of nitrogen functional groups attached to an aromatic ring is 1. The number of halogens is 1. The summed E-state index contributed by atoms with van der Waals surface area (Å²) < 4.78 is 0.516. The van der Waals surface area contributed by atoms with E-state index in [0.717, 1.165) is 0 Å². The third-order valence-electron chi connectivity index (χ3n) is 1.70. The maximum Gasteiger partial charge on any atom is 0.271 e. The summed E-state index contributed by atoms with van der Waals surface area (Å²) >= 11 is 1.86. The first-order chi connectivity index (χ1) is 6.43. The van der Waals surface area contributed by atoms with Gasteiger partial charge in [0.2, 0.25) is 0 Å². The number of hydrogen-bond donors (Lipinski definition) is 1. The minimum absolute atomic E-state index is 0.117. The zero-order valence-electron chi connectivity index (χ0n) is 7.28. The molecule has 1 aromatic carbocycles. The first-order valence-electron chi connectivity index (χ1n) is 3.68. The van der Waals surface area contributed by atoms with E-state index < -0.39 is 4.92 Å². The van der Waals surface area contributed by atoms with Crippen molar-refractivity contribution < 1.29 is 9.72 Å². The summed E-state index contributed by atoms with van der Waals surface area (Å²) in [6, 6.07) is 2.53. The number of nitrogens with two attached hydrogens (primary N) is 1. The molecule has 74 valence electrons. The number of hydrogen-bond acceptors (Lipinski definition) is 4. The largest absolute Gasteiger partial charge is 0.397 e. The van der Waals surface area contributed by atoms with Gasteiger partial charge in [0.05, 0.1) is 10.6 Å². The Balaban J connectivity index is 3.43. The van der Waals surface area contributed by atoms with E-state index in [1.807, 2.05) is 22.6 Å². The van der Waals surface area contributed by atoms with Crippen molar-refractivity contribution in [1.82, 2.24) is 0 Å². The Bertz CT molecular complexity index is 417. The van der Waals surface area contributed by atoms with Crippen molar-refractivity contribution >= 4 is 39.7 Å². The number of Topliss-reactive ketones (excluding diaryl/α,β-unsaturated/α-hetero) is 1. The molecule has 2 N–H and O–H groups in total. The molecule has 0 unspecified atom stereocenters. The summed E-state index contributed by atoms with van der Waals surface area (Å²) in [6.07, 6.45) is 0. The normalized spacial score (nSPS) is 9.86. The molecule has 0 amide bonds. The Kier molecular flexibility index (Phi) is 3.04. The average molecular weight is 306 g/mol. The third-order valence-corrected chi connectivity index (χ3v) is 2.60. The fourth-order valence-electron chi connectivity index (χ4n) is 1.00. The highest BCUT2D eigenvalue weighted by molar-refractivity contribution is 14.1. The first kappa shape index (κ1) is 10.9. The molecule has 0 bridgehead atoms. The zero-order valence-corrected chi connectivity index (χ0v) is 9.44. The molecule has 0 spiro atoms. The number of non-ortho nitro benzene ring substituents is 1. The van der Waals surface area contributed by atoms with Gasteiger partial charge in [-0.3, -0.25) is 14.9 Å². The SMILES string of the molecule is CC(=O)c1cc([N+](=O)[O-])cc(I)c1N. The van der Waals surface area contributed by atoms with E-state index in [1.165, 1.54) is 19.1 Å². The molecule has 0 atom stereocenters. The second-order valence-electron chi connectivity index (χ2n) is 2.70. The van der Waals surface area contributed by atoms with E-state index in [2.05, 4.69) is 0 Å². The van der Waals surface area contributed by atoms with E-state index >= 15 is 0 Å². The van der Waals surface area contributed by atoms with Crippen LogP contribution in [0.4, 0.5) is 11.4 Å². The molecule has 6 heteroatoms. The number of nitro groups is 1. The Hall–Kier alpha value is -1.18. The number of carbonyl (C=O) groups excluding carboxylic acids is 1. The third kappa shape index (κ3) is 2.00. The van der Waals surface area contributed by atoms with E-state index in [9.17, 15) is 14.9 Å². The van der Waals surface area contributed by atoms with Gasteiger partial charge in [0.15, 0.2) is 5.78 Å². The molecule has 14 heavy (non-hydrogen) atoms. The smallest absolute Gasteiger partial charge is 0.271 e. The summed E-state index contributed by atoms with van der Waals surface area (Å²) in [7, 11) is 0. The number of rotatable bonds is 2. The second-order valence-corrected chi connectivity index (χ2v) is 3.86. The van der Waals surface area contributed by atoms with E-state index in [0.29, 0.717) is 9.26 Å². The molecule has 1 rings (SSSR count). The molecule has 0 heterocycles. The van der Waals surface area contributed by atoms with Crippen LogP contribution in [0.3, 0.4) is 0 Å². The van der Waals surface area contributed by atoms with E-state index in [1.54, 1.807) is 0 Å². The van der Waals surface area contributed by atoms with Gasteiger partial charge in [-0.05, 0) is 29.5 Å². The molecule has 0 aromatic heterocycles. The van der Waals surface area contributed by atoms with Gasteiger partial charge in [0, 0.05) is 21.3 Å². The van der Waals surface area contributed by atoms with Crippen molar-refractivity contribution in [1.29, 1.82) is 0 Å². The van der Waals surface area contributed by atoms with Crippen LogP contribution in [-0.2, 0) is 0 Å². The van der Waals surface area contributed by atoms with Crippen LogP contribution in [0.25, 0.3) is 0 Å². The molecular weight excluding hydrogens is 299 g/mol. The van der Waals surface area contributed by atoms with Crippen molar-refractivity contribution in [2.45, 2.75) is 6.92 Å². The summed E-state index contributed by atoms with van der Waals surface area (Å²) in [5.74, 6) is -0.274. The lowest BCUT2D eigenvalue weighted by Crippen LogP contribution is -2.03. The van der Waals surface area contributed by atoms with Crippen LogP contribution in [-0.4, -0.2) is 10.7 Å². The van der Waals surface area contributed by atoms with Gasteiger partial charge in [-0.25, -0.2) is 0 Å². The van der Waals surface area contributed by atoms with Crippen molar-refractivity contribution in [2.24, 2.45) is 0 Å². The highest BCUT2D eigenvalue weighted by atomic mass is 127. The molecule has 0 fully saturated rings. The Morgan fingerprint density at radius 1 is 1.57 bits per heavy atom. The molecule has 1 aromatic rings. The van der Waals surface area contributed by atoms with Gasteiger partial charge in [-0.1, -0.05) is 0 Å². The predicted molar refractivity (Wildman–Crippen MR) is 60.2 cm³/mol. The molecule has 0 aliphatic rings. The quantitative estimate of drug-likeness (QED) is 0.298. The minimum atomic E-state index is -0.548. The second kappa shape index (κ2) is 3.91. The molecule has 0 saturated carbocycles. The van der Waals surface area contributed by atoms with Gasteiger partial charge in [0.1, 0.15) is 0 Å². The van der Waals surface area contributed by atoms with Crippen molar-refractivity contribution in [3.05, 3.63) is 31.4 Å². The van der Waals surface area contributed by atoms with Crippen molar-refractivity contribution in [2.75, 3.05) is 5.73 Å². The number of benzene rings is 1. The monoisotopic (exact) mass is 306 g/mol. The summed E-state index contributed by atoms with van der Waals surface area (Å²) in [5.41, 5.74) is 5.98. The zero-order chi connectivity index (χ0) is 10.9. The number of nitro benzene ring substituents is 1. The Morgan fingerprint density at radius 2 is 2.14 bits per heavy atom. The van der Waals surface area contributed by atoms with Gasteiger partial charge < -0.3 is 5.73 Å². The predicted octanol–water partition coefficient (Wildman–Crippen LogP) is 1.98. The van der Waals surface area contributed by atoms with Crippen LogP contribution in [0.15, 0.2) is 12.1 Å². The fourth-order valence-corrected chi connectivity index (χ4v) is 1.61. The number of anilines is 1. The molecular formula is C8H7IN2O3. The van der Waals surface area contributed by atoms with Gasteiger partial charge in [-0.15, -0.1) is 0 Å². The maximum atomic E-state index is 11.1. The van der Waals surface area contributed by atoms with Crippen molar-refractivity contribution in [3.63, 3.8) is 0 Å². The fraction of sp³-hybridized carbons (Fsp3) is 0.125. The van der Waals surface area contributed by atoms with Crippen LogP contribution in [0.2, 0.25) is 0 Å². The molecule has 0 aliphatic carbocycles. The highest BCUT2D eigenvalue weighted by Gasteiger charge is 2.15. The minimum Gasteiger partial charge on any atom is -0.397 e. The van der Waals surface area contributed by atoms with Crippen LogP contribution >= 0.6 is 22.6 Å². The van der Waals surface area contributed by atoms with E-state index in [4.69, 9.17) is 5.73 Å². The summed E-state index contributed by atoms with van der Waals surface area (Å²) in [6.45, 7) is 1.32.